The van der Waals surface area contributed by atoms with Crippen LogP contribution in [0.25, 0.3) is 0 Å². The van der Waals surface area contributed by atoms with Crippen molar-refractivity contribution in [1.82, 2.24) is 5.32 Å². The summed E-state index contributed by atoms with van der Waals surface area (Å²) in [6, 6.07) is 2.76. The fourth-order valence-corrected chi connectivity index (χ4v) is 4.85. The number of hydrogen-bond donors (Lipinski definition) is 1. The van der Waals surface area contributed by atoms with Crippen LogP contribution in [0.5, 0.6) is 0 Å². The van der Waals surface area contributed by atoms with Crippen molar-refractivity contribution >= 4 is 27.3 Å². The van der Waals surface area contributed by atoms with Gasteiger partial charge in [0.05, 0.1) is 12.2 Å². The second kappa shape index (κ2) is 7.39. The third-order valence-corrected chi connectivity index (χ3v) is 6.20. The van der Waals surface area contributed by atoms with E-state index in [0.29, 0.717) is 30.1 Å². The van der Waals surface area contributed by atoms with E-state index in [0.717, 1.165) is 13.0 Å². The molecule has 4 heteroatoms. The van der Waals surface area contributed by atoms with Crippen LogP contribution in [0.2, 0.25) is 0 Å². The summed E-state index contributed by atoms with van der Waals surface area (Å²) in [6.07, 6.45) is 3.00. The van der Waals surface area contributed by atoms with Gasteiger partial charge in [-0.3, -0.25) is 0 Å². The maximum atomic E-state index is 6.04. The molecule has 1 aliphatic rings. The van der Waals surface area contributed by atoms with Gasteiger partial charge in [-0.2, -0.15) is 0 Å². The zero-order valence-electron chi connectivity index (χ0n) is 12.9. The van der Waals surface area contributed by atoms with Crippen LogP contribution in [0.4, 0.5) is 0 Å². The molecule has 0 bridgehead atoms. The van der Waals surface area contributed by atoms with Crippen molar-refractivity contribution in [2.45, 2.75) is 58.8 Å². The van der Waals surface area contributed by atoms with E-state index >= 15 is 0 Å². The number of hydrogen-bond acceptors (Lipinski definition) is 3. The maximum Gasteiger partial charge on any atom is 0.0597 e. The predicted octanol–water partition coefficient (Wildman–Crippen LogP) is 4.48. The molecule has 2 rings (SSSR count). The number of ether oxygens (including phenoxy) is 1. The Kier molecular flexibility index (Phi) is 6.09. The number of rotatable bonds is 6. The monoisotopic (exact) mass is 359 g/mol. The SMILES string of the molecule is CCCNC(Cc1cc(Br)cs1)C1C(C)OC(C)C1C. The standard InChI is InChI=1S/C16H26BrNOS/c1-5-6-18-15(8-14-7-13(17)9-20-14)16-10(2)11(3)19-12(16)4/h7,9-12,15-16,18H,5-6,8H2,1-4H3. The van der Waals surface area contributed by atoms with Crippen LogP contribution in [0.1, 0.15) is 39.0 Å². The van der Waals surface area contributed by atoms with Gasteiger partial charge in [0, 0.05) is 26.7 Å². The molecule has 0 saturated carbocycles. The van der Waals surface area contributed by atoms with Gasteiger partial charge < -0.3 is 10.1 Å². The Labute approximate surface area is 135 Å². The van der Waals surface area contributed by atoms with E-state index in [1.54, 1.807) is 0 Å². The Morgan fingerprint density at radius 3 is 2.60 bits per heavy atom. The van der Waals surface area contributed by atoms with Crippen LogP contribution in [0, 0.1) is 11.8 Å². The van der Waals surface area contributed by atoms with Gasteiger partial charge in [-0.25, -0.2) is 0 Å². The van der Waals surface area contributed by atoms with Gasteiger partial charge in [-0.1, -0.05) is 13.8 Å². The lowest BCUT2D eigenvalue weighted by atomic mass is 9.82. The predicted molar refractivity (Wildman–Crippen MR) is 90.5 cm³/mol. The summed E-state index contributed by atoms with van der Waals surface area (Å²) in [5.74, 6) is 1.21. The van der Waals surface area contributed by atoms with Gasteiger partial charge >= 0.3 is 0 Å². The molecular formula is C16H26BrNOS. The Bertz CT molecular complexity index is 422. The molecule has 0 amide bonds. The molecule has 20 heavy (non-hydrogen) atoms. The van der Waals surface area contributed by atoms with Crippen molar-refractivity contribution < 1.29 is 4.74 Å². The highest BCUT2D eigenvalue weighted by molar-refractivity contribution is 9.10. The highest BCUT2D eigenvalue weighted by Gasteiger charge is 2.41. The lowest BCUT2D eigenvalue weighted by molar-refractivity contribution is 0.0476. The Balaban J connectivity index is 2.10. The molecule has 1 aromatic heterocycles. The lowest BCUT2D eigenvalue weighted by Crippen LogP contribution is -2.43. The first-order chi connectivity index (χ1) is 9.52. The van der Waals surface area contributed by atoms with Gasteiger partial charge in [0.25, 0.3) is 0 Å². The van der Waals surface area contributed by atoms with Crippen molar-refractivity contribution in [3.8, 4) is 0 Å². The molecule has 114 valence electrons. The van der Waals surface area contributed by atoms with Gasteiger partial charge in [-0.15, -0.1) is 11.3 Å². The second-order valence-electron chi connectivity index (χ2n) is 5.98. The lowest BCUT2D eigenvalue weighted by Gasteiger charge is -2.29. The van der Waals surface area contributed by atoms with Crippen LogP contribution in [-0.2, 0) is 11.2 Å². The van der Waals surface area contributed by atoms with E-state index in [2.05, 4.69) is 60.4 Å². The molecule has 1 aliphatic heterocycles. The number of nitrogens with one attached hydrogen (secondary N) is 1. The van der Waals surface area contributed by atoms with Crippen molar-refractivity contribution in [1.29, 1.82) is 0 Å². The quantitative estimate of drug-likeness (QED) is 0.808. The zero-order chi connectivity index (χ0) is 14.7. The van der Waals surface area contributed by atoms with Gasteiger partial charge in [0.1, 0.15) is 0 Å². The second-order valence-corrected chi connectivity index (χ2v) is 7.89. The summed E-state index contributed by atoms with van der Waals surface area (Å²) in [4.78, 5) is 1.45. The Hall–Kier alpha value is 0.1000. The minimum Gasteiger partial charge on any atom is -0.375 e. The third kappa shape index (κ3) is 3.85. The van der Waals surface area contributed by atoms with Crippen LogP contribution >= 0.6 is 27.3 Å². The van der Waals surface area contributed by atoms with Crippen LogP contribution in [0.3, 0.4) is 0 Å². The molecule has 1 N–H and O–H groups in total. The summed E-state index contributed by atoms with van der Waals surface area (Å²) >= 11 is 5.40. The van der Waals surface area contributed by atoms with Crippen molar-refractivity contribution in [2.75, 3.05) is 6.54 Å². The number of thiophene rings is 1. The van der Waals surface area contributed by atoms with E-state index < -0.39 is 0 Å². The molecule has 0 aromatic carbocycles. The molecule has 0 aliphatic carbocycles. The molecule has 0 spiro atoms. The normalized spacial score (nSPS) is 31.6. The molecule has 0 radical (unpaired) electrons. The fourth-order valence-electron chi connectivity index (χ4n) is 3.34. The van der Waals surface area contributed by atoms with Crippen LogP contribution in [0.15, 0.2) is 15.9 Å². The summed E-state index contributed by atoms with van der Waals surface area (Å²) in [5, 5.41) is 5.94. The highest BCUT2D eigenvalue weighted by Crippen LogP contribution is 2.36. The molecule has 1 fully saturated rings. The van der Waals surface area contributed by atoms with E-state index in [-0.39, 0.29) is 0 Å². The zero-order valence-corrected chi connectivity index (χ0v) is 15.3. The van der Waals surface area contributed by atoms with Gasteiger partial charge in [-0.05, 0) is 61.1 Å². The van der Waals surface area contributed by atoms with Crippen LogP contribution in [-0.4, -0.2) is 24.8 Å². The van der Waals surface area contributed by atoms with Crippen molar-refractivity contribution in [3.63, 3.8) is 0 Å². The summed E-state index contributed by atoms with van der Waals surface area (Å²) < 4.78 is 7.24. The first-order valence-corrected chi connectivity index (χ1v) is 9.32. The average Bonchev–Trinajstić information content (AvgIpc) is 2.90. The fraction of sp³-hybridized carbons (Fsp3) is 0.750. The maximum absolute atomic E-state index is 6.04. The molecule has 2 nitrogen and oxygen atoms in total. The first-order valence-electron chi connectivity index (χ1n) is 7.64. The molecule has 5 unspecified atom stereocenters. The molecule has 2 heterocycles. The van der Waals surface area contributed by atoms with Gasteiger partial charge in [0.2, 0.25) is 0 Å². The summed E-state index contributed by atoms with van der Waals surface area (Å²) in [7, 11) is 0. The summed E-state index contributed by atoms with van der Waals surface area (Å²) in [6.45, 7) is 10.1. The molecule has 5 atom stereocenters. The number of halogens is 1. The van der Waals surface area contributed by atoms with E-state index in [4.69, 9.17) is 4.74 Å². The average molecular weight is 360 g/mol. The molecule has 1 saturated heterocycles. The van der Waals surface area contributed by atoms with E-state index in [1.165, 1.54) is 15.8 Å². The molecular weight excluding hydrogens is 334 g/mol. The minimum absolute atomic E-state index is 0.345. The largest absolute Gasteiger partial charge is 0.375 e. The summed E-state index contributed by atoms with van der Waals surface area (Å²) in [5.41, 5.74) is 0. The van der Waals surface area contributed by atoms with Gasteiger partial charge in [0.15, 0.2) is 0 Å². The Morgan fingerprint density at radius 2 is 2.10 bits per heavy atom. The van der Waals surface area contributed by atoms with Crippen molar-refractivity contribution in [3.05, 3.63) is 20.8 Å². The first kappa shape index (κ1) is 16.5. The van der Waals surface area contributed by atoms with Crippen LogP contribution < -0.4 is 5.32 Å². The molecule has 1 aromatic rings. The van der Waals surface area contributed by atoms with E-state index in [1.807, 2.05) is 11.3 Å². The topological polar surface area (TPSA) is 21.3 Å². The smallest absolute Gasteiger partial charge is 0.0597 e. The third-order valence-electron chi connectivity index (χ3n) is 4.48. The van der Waals surface area contributed by atoms with E-state index in [9.17, 15) is 0 Å². The Morgan fingerprint density at radius 1 is 1.35 bits per heavy atom. The van der Waals surface area contributed by atoms with Crippen molar-refractivity contribution in [2.24, 2.45) is 11.8 Å². The highest BCUT2D eigenvalue weighted by atomic mass is 79.9. The minimum atomic E-state index is 0.345.